The molecule has 1 heterocycles. The molecule has 3 heteroatoms. The van der Waals surface area contributed by atoms with E-state index >= 15 is 0 Å². The third kappa shape index (κ3) is 3.07. The van der Waals surface area contributed by atoms with Gasteiger partial charge in [-0.05, 0) is 47.0 Å². The number of hydrogen-bond donors (Lipinski definition) is 0. The van der Waals surface area contributed by atoms with Gasteiger partial charge in [-0.2, -0.15) is 0 Å². The largest absolute Gasteiger partial charge is 0.465 e. The summed E-state index contributed by atoms with van der Waals surface area (Å²) in [6, 6.07) is 26.0. The lowest BCUT2D eigenvalue weighted by Gasteiger charge is -2.08. The lowest BCUT2D eigenvalue weighted by atomic mass is 9.98. The summed E-state index contributed by atoms with van der Waals surface area (Å²) < 4.78 is 4.75. The molecule has 0 N–H and O–H groups in total. The van der Waals surface area contributed by atoms with Crippen molar-refractivity contribution in [2.24, 2.45) is 0 Å². The molecule has 126 valence electrons. The molecule has 0 atom stereocenters. The third-order valence-electron chi connectivity index (χ3n) is 4.43. The highest BCUT2D eigenvalue weighted by Gasteiger charge is 2.07. The molecular formula is C23H17NO2. The Bertz CT molecular complexity index is 1080. The Balaban J connectivity index is 1.70. The maximum Gasteiger partial charge on any atom is 0.337 e. The summed E-state index contributed by atoms with van der Waals surface area (Å²) in [5, 5.41) is 1.12. The number of esters is 1. The van der Waals surface area contributed by atoms with Crippen LogP contribution < -0.4 is 0 Å². The number of carbonyl (C=O) groups is 1. The summed E-state index contributed by atoms with van der Waals surface area (Å²) in [5.41, 5.74) is 5.87. The Kier molecular flexibility index (Phi) is 4.20. The van der Waals surface area contributed by atoms with Gasteiger partial charge in [-0.25, -0.2) is 4.79 Å². The molecule has 0 radical (unpaired) electrons. The van der Waals surface area contributed by atoms with Gasteiger partial charge < -0.3 is 4.74 Å². The van der Waals surface area contributed by atoms with Gasteiger partial charge in [0, 0.05) is 17.1 Å². The van der Waals surface area contributed by atoms with Crippen LogP contribution in [0.5, 0.6) is 0 Å². The van der Waals surface area contributed by atoms with Crippen LogP contribution in [0.1, 0.15) is 10.4 Å². The number of nitrogens with zero attached hydrogens (tertiary/aromatic N) is 1. The van der Waals surface area contributed by atoms with Crippen molar-refractivity contribution in [1.29, 1.82) is 0 Å². The van der Waals surface area contributed by atoms with Crippen LogP contribution in [0.4, 0.5) is 0 Å². The standard InChI is InChI=1S/C23H17NO2/c1-26-23(25)17-11-9-16(10-12-17)18-6-4-7-19(13-18)21-14-20-5-2-3-8-22(20)24-15-21/h2-15H,1H3. The number of pyridine rings is 1. The number of carbonyl (C=O) groups excluding carboxylic acids is 1. The predicted molar refractivity (Wildman–Crippen MR) is 104 cm³/mol. The van der Waals surface area contributed by atoms with Gasteiger partial charge in [0.05, 0.1) is 18.2 Å². The van der Waals surface area contributed by atoms with Gasteiger partial charge in [0.15, 0.2) is 0 Å². The molecule has 4 aromatic rings. The van der Waals surface area contributed by atoms with E-state index in [2.05, 4.69) is 35.3 Å². The molecular weight excluding hydrogens is 322 g/mol. The Hall–Kier alpha value is -3.46. The first-order chi connectivity index (χ1) is 12.7. The zero-order valence-electron chi connectivity index (χ0n) is 14.3. The second kappa shape index (κ2) is 6.81. The minimum atomic E-state index is -0.326. The summed E-state index contributed by atoms with van der Waals surface area (Å²) >= 11 is 0. The van der Waals surface area contributed by atoms with Crippen LogP contribution in [-0.2, 0) is 4.74 Å². The number of fused-ring (bicyclic) bond motifs is 1. The normalized spacial score (nSPS) is 10.7. The van der Waals surface area contributed by atoms with Gasteiger partial charge in [0.25, 0.3) is 0 Å². The Morgan fingerprint density at radius 1 is 0.769 bits per heavy atom. The number of methoxy groups -OCH3 is 1. The molecule has 3 aromatic carbocycles. The smallest absolute Gasteiger partial charge is 0.337 e. The average Bonchev–Trinajstić information content (AvgIpc) is 2.73. The van der Waals surface area contributed by atoms with Gasteiger partial charge in [-0.3, -0.25) is 4.98 Å². The zero-order chi connectivity index (χ0) is 17.9. The highest BCUT2D eigenvalue weighted by Crippen LogP contribution is 2.28. The summed E-state index contributed by atoms with van der Waals surface area (Å²) in [5.74, 6) is -0.326. The molecule has 0 aliphatic rings. The van der Waals surface area contributed by atoms with E-state index in [1.807, 2.05) is 42.6 Å². The summed E-state index contributed by atoms with van der Waals surface area (Å²) in [7, 11) is 1.39. The van der Waals surface area contributed by atoms with E-state index in [9.17, 15) is 4.79 Å². The monoisotopic (exact) mass is 339 g/mol. The van der Waals surface area contributed by atoms with Crippen molar-refractivity contribution in [3.8, 4) is 22.3 Å². The number of aromatic nitrogens is 1. The minimum Gasteiger partial charge on any atom is -0.465 e. The molecule has 0 saturated heterocycles. The van der Waals surface area contributed by atoms with Crippen molar-refractivity contribution in [3.05, 3.63) is 90.6 Å². The van der Waals surface area contributed by atoms with Crippen LogP contribution in [0.2, 0.25) is 0 Å². The molecule has 0 bridgehead atoms. The van der Waals surface area contributed by atoms with Crippen LogP contribution in [0, 0.1) is 0 Å². The van der Waals surface area contributed by atoms with Crippen LogP contribution in [0.3, 0.4) is 0 Å². The van der Waals surface area contributed by atoms with E-state index in [-0.39, 0.29) is 5.97 Å². The summed E-state index contributed by atoms with van der Waals surface area (Å²) in [6.07, 6.45) is 1.90. The maximum atomic E-state index is 11.6. The molecule has 0 aliphatic heterocycles. The fourth-order valence-corrected chi connectivity index (χ4v) is 3.02. The fourth-order valence-electron chi connectivity index (χ4n) is 3.02. The van der Waals surface area contributed by atoms with E-state index in [1.165, 1.54) is 7.11 Å². The zero-order valence-corrected chi connectivity index (χ0v) is 14.3. The van der Waals surface area contributed by atoms with E-state index in [4.69, 9.17) is 4.74 Å². The third-order valence-corrected chi connectivity index (χ3v) is 4.43. The Labute approximate surface area is 151 Å². The lowest BCUT2D eigenvalue weighted by Crippen LogP contribution is -2.00. The first-order valence-electron chi connectivity index (χ1n) is 8.38. The van der Waals surface area contributed by atoms with Crippen molar-refractivity contribution >= 4 is 16.9 Å². The lowest BCUT2D eigenvalue weighted by molar-refractivity contribution is 0.0601. The number of ether oxygens (including phenoxy) is 1. The van der Waals surface area contributed by atoms with E-state index in [1.54, 1.807) is 12.1 Å². The van der Waals surface area contributed by atoms with E-state index < -0.39 is 0 Å². The predicted octanol–water partition coefficient (Wildman–Crippen LogP) is 5.36. The number of hydrogen-bond acceptors (Lipinski definition) is 3. The Morgan fingerprint density at radius 2 is 1.50 bits per heavy atom. The Morgan fingerprint density at radius 3 is 2.27 bits per heavy atom. The maximum absolute atomic E-state index is 11.6. The van der Waals surface area contributed by atoms with Gasteiger partial charge in [0.2, 0.25) is 0 Å². The summed E-state index contributed by atoms with van der Waals surface area (Å²) in [4.78, 5) is 16.1. The highest BCUT2D eigenvalue weighted by molar-refractivity contribution is 5.90. The van der Waals surface area contributed by atoms with E-state index in [0.29, 0.717) is 5.56 Å². The molecule has 0 amide bonds. The molecule has 0 saturated carbocycles. The van der Waals surface area contributed by atoms with Crippen molar-refractivity contribution in [1.82, 2.24) is 4.98 Å². The summed E-state index contributed by atoms with van der Waals surface area (Å²) in [6.45, 7) is 0. The van der Waals surface area contributed by atoms with Gasteiger partial charge in [-0.1, -0.05) is 48.5 Å². The first-order valence-corrected chi connectivity index (χ1v) is 8.38. The van der Waals surface area contributed by atoms with E-state index in [0.717, 1.165) is 33.2 Å². The number of para-hydroxylation sites is 1. The second-order valence-corrected chi connectivity index (χ2v) is 6.07. The molecule has 0 aliphatic carbocycles. The molecule has 0 fully saturated rings. The second-order valence-electron chi connectivity index (χ2n) is 6.07. The van der Waals surface area contributed by atoms with Gasteiger partial charge in [0.1, 0.15) is 0 Å². The molecule has 0 spiro atoms. The van der Waals surface area contributed by atoms with Crippen LogP contribution >= 0.6 is 0 Å². The highest BCUT2D eigenvalue weighted by atomic mass is 16.5. The van der Waals surface area contributed by atoms with Gasteiger partial charge >= 0.3 is 5.97 Å². The molecule has 0 unspecified atom stereocenters. The van der Waals surface area contributed by atoms with Crippen LogP contribution in [-0.4, -0.2) is 18.1 Å². The van der Waals surface area contributed by atoms with Crippen molar-refractivity contribution in [2.45, 2.75) is 0 Å². The SMILES string of the molecule is COC(=O)c1ccc(-c2cccc(-c3cnc4ccccc4c3)c2)cc1. The minimum absolute atomic E-state index is 0.326. The quantitative estimate of drug-likeness (QED) is 0.472. The molecule has 4 rings (SSSR count). The number of rotatable bonds is 3. The number of benzene rings is 3. The van der Waals surface area contributed by atoms with Crippen LogP contribution in [0.25, 0.3) is 33.2 Å². The molecule has 26 heavy (non-hydrogen) atoms. The van der Waals surface area contributed by atoms with Crippen molar-refractivity contribution in [3.63, 3.8) is 0 Å². The van der Waals surface area contributed by atoms with Crippen LogP contribution in [0.15, 0.2) is 85.1 Å². The first kappa shape index (κ1) is 16.0. The topological polar surface area (TPSA) is 39.2 Å². The van der Waals surface area contributed by atoms with Crippen molar-refractivity contribution < 1.29 is 9.53 Å². The fraction of sp³-hybridized carbons (Fsp3) is 0.0435. The molecule has 1 aromatic heterocycles. The van der Waals surface area contributed by atoms with Crippen molar-refractivity contribution in [2.75, 3.05) is 7.11 Å². The molecule has 3 nitrogen and oxygen atoms in total. The van der Waals surface area contributed by atoms with Gasteiger partial charge in [-0.15, -0.1) is 0 Å². The average molecular weight is 339 g/mol.